The highest BCUT2D eigenvalue weighted by atomic mass is 19.4. The summed E-state index contributed by atoms with van der Waals surface area (Å²) < 4.78 is 38.1. The molecular weight excluding hydrogens is 385 g/mol. The molecule has 0 unspecified atom stereocenters. The molecule has 0 fully saturated rings. The molecule has 0 aliphatic carbocycles. The summed E-state index contributed by atoms with van der Waals surface area (Å²) >= 11 is 0. The maximum absolute atomic E-state index is 12.7. The second kappa shape index (κ2) is 9.78. The first-order valence-corrected chi connectivity index (χ1v) is 8.81. The number of alkyl halides is 3. The number of rotatable bonds is 8. The lowest BCUT2D eigenvalue weighted by Gasteiger charge is -2.16. The van der Waals surface area contributed by atoms with Crippen molar-refractivity contribution in [2.75, 3.05) is 18.4 Å². The second-order valence-electron chi connectivity index (χ2n) is 6.23. The van der Waals surface area contributed by atoms with Crippen LogP contribution in [0.5, 0.6) is 0 Å². The van der Waals surface area contributed by atoms with Crippen molar-refractivity contribution >= 4 is 23.1 Å². The van der Waals surface area contributed by atoms with E-state index in [1.807, 2.05) is 0 Å². The zero-order chi connectivity index (χ0) is 21.4. The molecule has 2 aromatic rings. The number of para-hydroxylation sites is 1. The molecule has 0 spiro atoms. The largest absolute Gasteiger partial charge is 0.416 e. The molecule has 0 heterocycles. The summed E-state index contributed by atoms with van der Waals surface area (Å²) in [4.78, 5) is 10.8. The van der Waals surface area contributed by atoms with Gasteiger partial charge in [-0.05, 0) is 42.8 Å². The molecule has 1 amide bonds. The van der Waals surface area contributed by atoms with Gasteiger partial charge in [0.2, 0.25) is 5.91 Å². The van der Waals surface area contributed by atoms with E-state index in [0.717, 1.165) is 12.1 Å². The zero-order valence-corrected chi connectivity index (χ0v) is 15.8. The van der Waals surface area contributed by atoms with Gasteiger partial charge >= 0.3 is 6.18 Å². The first-order chi connectivity index (χ1) is 13.7. The van der Waals surface area contributed by atoms with Crippen LogP contribution < -0.4 is 22.2 Å². The smallest absolute Gasteiger partial charge is 0.382 e. The number of amidine groups is 1. The molecule has 10 heteroatoms. The fraction of sp³-hybridized carbons (Fsp3) is 0.263. The fourth-order valence-corrected chi connectivity index (χ4v) is 2.46. The highest BCUT2D eigenvalue weighted by Crippen LogP contribution is 2.30. The Labute approximate surface area is 166 Å². The number of hydrazine groups is 1. The topological polar surface area (TPSA) is 109 Å². The first kappa shape index (κ1) is 22.0. The van der Waals surface area contributed by atoms with Gasteiger partial charge in [-0.25, -0.2) is 11.0 Å². The zero-order valence-electron chi connectivity index (χ0n) is 15.8. The van der Waals surface area contributed by atoms with E-state index < -0.39 is 11.7 Å². The third-order valence-electron chi connectivity index (χ3n) is 3.87. The number of carbonyl (C=O) groups excluding carboxylic acids is 1. The van der Waals surface area contributed by atoms with E-state index in [0.29, 0.717) is 36.4 Å². The molecule has 0 atom stereocenters. The van der Waals surface area contributed by atoms with Gasteiger partial charge in [0.15, 0.2) is 5.84 Å². The molecule has 0 saturated carbocycles. The van der Waals surface area contributed by atoms with Crippen LogP contribution in [0.15, 0.2) is 53.6 Å². The van der Waals surface area contributed by atoms with Gasteiger partial charge in [-0.3, -0.25) is 4.79 Å². The standard InChI is InChI=1S/C19H23F3N6O/c1-13(29)25-11-4-12-28(24)27-18(23)16-5-2-3-6-17(16)26-15-9-7-14(8-10-15)19(20,21)22/h2-3,5-10,26H,4,11-12,24H2,1H3,(H2,23,27)(H,25,29). The van der Waals surface area contributed by atoms with E-state index in [-0.39, 0.29) is 11.7 Å². The van der Waals surface area contributed by atoms with Crippen LogP contribution in [-0.4, -0.2) is 30.0 Å². The van der Waals surface area contributed by atoms with Crippen molar-refractivity contribution in [2.24, 2.45) is 16.7 Å². The van der Waals surface area contributed by atoms with Crippen LogP contribution >= 0.6 is 0 Å². The number of hydrazone groups is 1. The third-order valence-corrected chi connectivity index (χ3v) is 3.87. The molecule has 2 aromatic carbocycles. The summed E-state index contributed by atoms with van der Waals surface area (Å²) in [5.41, 5.74) is 6.91. The Balaban J connectivity index is 2.08. The number of halogens is 3. The van der Waals surface area contributed by atoms with Crippen molar-refractivity contribution in [2.45, 2.75) is 19.5 Å². The second-order valence-corrected chi connectivity index (χ2v) is 6.23. The van der Waals surface area contributed by atoms with Crippen molar-refractivity contribution in [3.05, 3.63) is 59.7 Å². The molecule has 0 aromatic heterocycles. The van der Waals surface area contributed by atoms with Crippen molar-refractivity contribution in [3.8, 4) is 0 Å². The van der Waals surface area contributed by atoms with Crippen LogP contribution in [0, 0.1) is 0 Å². The summed E-state index contributed by atoms with van der Waals surface area (Å²) in [5, 5.41) is 11.0. The van der Waals surface area contributed by atoms with E-state index in [4.69, 9.17) is 11.6 Å². The summed E-state index contributed by atoms with van der Waals surface area (Å²) in [5.74, 6) is 5.83. The van der Waals surface area contributed by atoms with Crippen molar-refractivity contribution in [1.29, 1.82) is 0 Å². The van der Waals surface area contributed by atoms with Crippen LogP contribution in [-0.2, 0) is 11.0 Å². The number of nitrogens with one attached hydrogen (secondary N) is 2. The lowest BCUT2D eigenvalue weighted by molar-refractivity contribution is -0.137. The Morgan fingerprint density at radius 2 is 1.79 bits per heavy atom. The van der Waals surface area contributed by atoms with Crippen LogP contribution in [0.3, 0.4) is 0 Å². The molecule has 7 nitrogen and oxygen atoms in total. The molecule has 2 rings (SSSR count). The Morgan fingerprint density at radius 3 is 2.41 bits per heavy atom. The molecule has 0 bridgehead atoms. The highest BCUT2D eigenvalue weighted by molar-refractivity contribution is 6.02. The molecule has 156 valence electrons. The quantitative estimate of drug-likeness (QED) is 0.177. The van der Waals surface area contributed by atoms with Gasteiger partial charge < -0.3 is 16.4 Å². The molecule has 29 heavy (non-hydrogen) atoms. The molecular formula is C19H23F3N6O. The van der Waals surface area contributed by atoms with E-state index in [9.17, 15) is 18.0 Å². The molecule has 0 saturated heterocycles. The normalized spacial score (nSPS) is 11.8. The number of carbonyl (C=O) groups is 1. The van der Waals surface area contributed by atoms with Crippen LogP contribution in [0.25, 0.3) is 0 Å². The number of amides is 1. The summed E-state index contributed by atoms with van der Waals surface area (Å²) in [6.45, 7) is 2.26. The van der Waals surface area contributed by atoms with Gasteiger partial charge in [-0.15, -0.1) is 5.10 Å². The van der Waals surface area contributed by atoms with Gasteiger partial charge in [0.25, 0.3) is 0 Å². The Hall–Kier alpha value is -3.27. The van der Waals surface area contributed by atoms with Crippen molar-refractivity contribution in [1.82, 2.24) is 10.4 Å². The van der Waals surface area contributed by atoms with Gasteiger partial charge in [0, 0.05) is 30.4 Å². The van der Waals surface area contributed by atoms with Crippen molar-refractivity contribution < 1.29 is 18.0 Å². The minimum absolute atomic E-state index is 0.125. The maximum atomic E-state index is 12.7. The number of hydrogen-bond acceptors (Lipinski definition) is 5. The number of nitrogens with zero attached hydrogens (tertiary/aromatic N) is 2. The Kier molecular flexibility index (Phi) is 7.43. The lowest BCUT2D eigenvalue weighted by atomic mass is 10.1. The molecule has 0 radical (unpaired) electrons. The Bertz CT molecular complexity index is 852. The van der Waals surface area contributed by atoms with Crippen LogP contribution in [0.4, 0.5) is 24.5 Å². The van der Waals surface area contributed by atoms with Crippen molar-refractivity contribution in [3.63, 3.8) is 0 Å². The number of benzene rings is 2. The van der Waals surface area contributed by atoms with Crippen LogP contribution in [0.2, 0.25) is 0 Å². The lowest BCUT2D eigenvalue weighted by Crippen LogP contribution is -2.32. The third kappa shape index (κ3) is 7.00. The molecule has 0 aliphatic heterocycles. The van der Waals surface area contributed by atoms with E-state index in [1.54, 1.807) is 24.3 Å². The van der Waals surface area contributed by atoms with Gasteiger partial charge in [0.1, 0.15) is 0 Å². The van der Waals surface area contributed by atoms with Crippen LogP contribution in [0.1, 0.15) is 24.5 Å². The number of anilines is 2. The summed E-state index contributed by atoms with van der Waals surface area (Å²) in [6, 6.07) is 11.6. The average molecular weight is 408 g/mol. The monoisotopic (exact) mass is 408 g/mol. The predicted octanol–water partition coefficient (Wildman–Crippen LogP) is 2.77. The van der Waals surface area contributed by atoms with E-state index in [1.165, 1.54) is 24.2 Å². The van der Waals surface area contributed by atoms with Gasteiger partial charge in [-0.1, -0.05) is 12.1 Å². The molecule has 0 aliphatic rings. The fourth-order valence-electron chi connectivity index (χ4n) is 2.46. The minimum Gasteiger partial charge on any atom is -0.382 e. The average Bonchev–Trinajstić information content (AvgIpc) is 2.65. The van der Waals surface area contributed by atoms with E-state index in [2.05, 4.69) is 15.7 Å². The highest BCUT2D eigenvalue weighted by Gasteiger charge is 2.29. The van der Waals surface area contributed by atoms with E-state index >= 15 is 0 Å². The number of hydrogen-bond donors (Lipinski definition) is 4. The SMILES string of the molecule is CC(=O)NCCCN(N)/N=C(\N)c1ccccc1Nc1ccc(C(F)(F)F)cc1. The Morgan fingerprint density at radius 1 is 1.14 bits per heavy atom. The summed E-state index contributed by atoms with van der Waals surface area (Å²) in [6.07, 6.45) is -3.81. The number of nitrogens with two attached hydrogens (primary N) is 2. The molecule has 6 N–H and O–H groups in total. The maximum Gasteiger partial charge on any atom is 0.416 e. The minimum atomic E-state index is -4.39. The summed E-state index contributed by atoms with van der Waals surface area (Å²) in [7, 11) is 0. The first-order valence-electron chi connectivity index (χ1n) is 8.81. The van der Waals surface area contributed by atoms with Gasteiger partial charge in [-0.2, -0.15) is 13.2 Å². The predicted molar refractivity (Wildman–Crippen MR) is 106 cm³/mol. The van der Waals surface area contributed by atoms with Gasteiger partial charge in [0.05, 0.1) is 12.1 Å².